The van der Waals surface area contributed by atoms with Gasteiger partial charge in [-0.3, -0.25) is 0 Å². The fourth-order valence-electron chi connectivity index (χ4n) is 4.78. The van der Waals surface area contributed by atoms with E-state index in [-0.39, 0.29) is 12.4 Å². The molecule has 0 amide bonds. The van der Waals surface area contributed by atoms with E-state index in [1.807, 2.05) is 0 Å². The highest BCUT2D eigenvalue weighted by molar-refractivity contribution is 5.85. The van der Waals surface area contributed by atoms with Crippen molar-refractivity contribution in [2.24, 2.45) is 17.8 Å². The number of fused-ring (bicyclic) bond motifs is 2. The number of nitrogens with zero attached hydrogens (tertiary/aromatic N) is 1. The third-order valence-corrected chi connectivity index (χ3v) is 5.69. The highest BCUT2D eigenvalue weighted by Crippen LogP contribution is 2.48. The first-order valence-electron chi connectivity index (χ1n) is 8.31. The lowest BCUT2D eigenvalue weighted by atomic mass is 9.87. The van der Waals surface area contributed by atoms with Crippen molar-refractivity contribution in [2.75, 3.05) is 26.2 Å². The average Bonchev–Trinajstić information content (AvgIpc) is 3.01. The smallest absolute Gasteiger partial charge is 0.0119 e. The molecule has 3 unspecified atom stereocenters. The van der Waals surface area contributed by atoms with Gasteiger partial charge in [0.1, 0.15) is 0 Å². The Labute approximate surface area is 125 Å². The van der Waals surface area contributed by atoms with E-state index in [0.717, 1.165) is 23.8 Å². The van der Waals surface area contributed by atoms with Crippen LogP contribution in [0.15, 0.2) is 0 Å². The van der Waals surface area contributed by atoms with E-state index in [4.69, 9.17) is 0 Å². The number of nitrogens with one attached hydrogen (secondary N) is 1. The zero-order chi connectivity index (χ0) is 12.4. The average molecular weight is 287 g/mol. The van der Waals surface area contributed by atoms with Gasteiger partial charge in [-0.05, 0) is 75.9 Å². The van der Waals surface area contributed by atoms with Gasteiger partial charge in [0.25, 0.3) is 0 Å². The molecule has 2 nitrogen and oxygen atoms in total. The number of hydrogen-bond acceptors (Lipinski definition) is 2. The van der Waals surface area contributed by atoms with E-state index in [1.54, 1.807) is 25.7 Å². The van der Waals surface area contributed by atoms with Gasteiger partial charge in [0.05, 0.1) is 0 Å². The number of rotatable bonds is 5. The summed E-state index contributed by atoms with van der Waals surface area (Å²) in [6.07, 6.45) is 10.3. The molecule has 0 aromatic rings. The van der Waals surface area contributed by atoms with E-state index in [2.05, 4.69) is 17.1 Å². The minimum Gasteiger partial charge on any atom is -0.317 e. The highest BCUT2D eigenvalue weighted by atomic mass is 35.5. The molecule has 19 heavy (non-hydrogen) atoms. The van der Waals surface area contributed by atoms with Gasteiger partial charge in [0, 0.05) is 12.6 Å². The van der Waals surface area contributed by atoms with Gasteiger partial charge in [0.15, 0.2) is 0 Å². The summed E-state index contributed by atoms with van der Waals surface area (Å²) < 4.78 is 0. The van der Waals surface area contributed by atoms with Crippen molar-refractivity contribution in [1.29, 1.82) is 0 Å². The van der Waals surface area contributed by atoms with Gasteiger partial charge in [-0.25, -0.2) is 0 Å². The minimum absolute atomic E-state index is 0. The van der Waals surface area contributed by atoms with Crippen LogP contribution in [0, 0.1) is 17.8 Å². The van der Waals surface area contributed by atoms with Crippen molar-refractivity contribution in [3.8, 4) is 0 Å². The van der Waals surface area contributed by atoms with Crippen LogP contribution in [0.1, 0.15) is 51.9 Å². The van der Waals surface area contributed by atoms with Crippen molar-refractivity contribution in [3.63, 3.8) is 0 Å². The molecule has 112 valence electrons. The molecular formula is C16H31ClN2. The van der Waals surface area contributed by atoms with Crippen LogP contribution in [0.3, 0.4) is 0 Å². The maximum Gasteiger partial charge on any atom is 0.0119 e. The Morgan fingerprint density at radius 2 is 1.84 bits per heavy atom. The molecule has 1 saturated heterocycles. The molecule has 3 atom stereocenters. The quantitative estimate of drug-likeness (QED) is 0.834. The third-order valence-electron chi connectivity index (χ3n) is 5.69. The lowest BCUT2D eigenvalue weighted by molar-refractivity contribution is 0.119. The van der Waals surface area contributed by atoms with Crippen LogP contribution in [-0.4, -0.2) is 37.1 Å². The molecule has 1 heterocycles. The lowest BCUT2D eigenvalue weighted by Gasteiger charge is -2.37. The summed E-state index contributed by atoms with van der Waals surface area (Å²) in [7, 11) is 0. The first-order chi connectivity index (χ1) is 8.86. The molecule has 2 aliphatic carbocycles. The Morgan fingerprint density at radius 1 is 1.05 bits per heavy atom. The number of hydrogen-bond donors (Lipinski definition) is 1. The largest absolute Gasteiger partial charge is 0.317 e. The summed E-state index contributed by atoms with van der Waals surface area (Å²) in [6, 6.07) is 0.880. The molecule has 0 spiro atoms. The molecule has 2 saturated carbocycles. The van der Waals surface area contributed by atoms with Crippen LogP contribution < -0.4 is 5.32 Å². The SMILES string of the molecule is CCCN(CC1CC2CCC1C2)C1CCNCC1.Cl. The van der Waals surface area contributed by atoms with E-state index in [0.29, 0.717) is 0 Å². The first kappa shape index (κ1) is 15.6. The minimum atomic E-state index is 0. The first-order valence-corrected chi connectivity index (χ1v) is 8.31. The molecule has 1 N–H and O–H groups in total. The van der Waals surface area contributed by atoms with Crippen LogP contribution in [0.25, 0.3) is 0 Å². The van der Waals surface area contributed by atoms with E-state index in [1.165, 1.54) is 45.4 Å². The molecule has 3 fully saturated rings. The zero-order valence-electron chi connectivity index (χ0n) is 12.4. The van der Waals surface area contributed by atoms with Crippen molar-refractivity contribution in [2.45, 2.75) is 57.9 Å². The summed E-state index contributed by atoms with van der Waals surface area (Å²) in [6.45, 7) is 7.57. The van der Waals surface area contributed by atoms with Crippen molar-refractivity contribution < 1.29 is 0 Å². The molecule has 0 aromatic carbocycles. The van der Waals surface area contributed by atoms with E-state index in [9.17, 15) is 0 Å². The van der Waals surface area contributed by atoms with Gasteiger partial charge in [-0.2, -0.15) is 0 Å². The Balaban J connectivity index is 0.00000133. The second kappa shape index (κ2) is 7.28. The van der Waals surface area contributed by atoms with Crippen molar-refractivity contribution in [1.82, 2.24) is 10.2 Å². The Kier molecular flexibility index (Phi) is 5.98. The maximum absolute atomic E-state index is 3.51. The Morgan fingerprint density at radius 3 is 2.42 bits per heavy atom. The fraction of sp³-hybridized carbons (Fsp3) is 1.00. The van der Waals surface area contributed by atoms with E-state index >= 15 is 0 Å². The molecule has 1 aliphatic heterocycles. The predicted molar refractivity (Wildman–Crippen MR) is 83.9 cm³/mol. The van der Waals surface area contributed by atoms with Crippen molar-refractivity contribution >= 4 is 12.4 Å². The molecule has 3 rings (SSSR count). The normalized spacial score (nSPS) is 34.7. The second-order valence-corrected chi connectivity index (χ2v) is 6.91. The maximum atomic E-state index is 3.51. The monoisotopic (exact) mass is 286 g/mol. The van der Waals surface area contributed by atoms with Crippen LogP contribution >= 0.6 is 12.4 Å². The summed E-state index contributed by atoms with van der Waals surface area (Å²) in [5.74, 6) is 3.25. The van der Waals surface area contributed by atoms with Crippen LogP contribution in [-0.2, 0) is 0 Å². The molecule has 2 bridgehead atoms. The topological polar surface area (TPSA) is 15.3 Å². The standard InChI is InChI=1S/C16H30N2.ClH/c1-2-9-18(16-5-7-17-8-6-16)12-15-11-13-3-4-14(15)10-13;/h13-17H,2-12H2,1H3;1H. The van der Waals surface area contributed by atoms with Gasteiger partial charge in [-0.1, -0.05) is 13.3 Å². The molecule has 0 radical (unpaired) electrons. The van der Waals surface area contributed by atoms with Crippen LogP contribution in [0.2, 0.25) is 0 Å². The number of piperidine rings is 1. The lowest BCUT2D eigenvalue weighted by Crippen LogP contribution is -2.45. The molecule has 0 aromatic heterocycles. The van der Waals surface area contributed by atoms with Crippen molar-refractivity contribution in [3.05, 3.63) is 0 Å². The van der Waals surface area contributed by atoms with Crippen LogP contribution in [0.5, 0.6) is 0 Å². The van der Waals surface area contributed by atoms with Gasteiger partial charge in [-0.15, -0.1) is 12.4 Å². The summed E-state index contributed by atoms with van der Waals surface area (Å²) in [4.78, 5) is 2.85. The van der Waals surface area contributed by atoms with Gasteiger partial charge in [0.2, 0.25) is 0 Å². The molecule has 3 aliphatic rings. The molecular weight excluding hydrogens is 256 g/mol. The summed E-state index contributed by atoms with van der Waals surface area (Å²) >= 11 is 0. The summed E-state index contributed by atoms with van der Waals surface area (Å²) in [5, 5.41) is 3.51. The second-order valence-electron chi connectivity index (χ2n) is 6.91. The zero-order valence-corrected chi connectivity index (χ0v) is 13.3. The molecule has 3 heteroatoms. The van der Waals surface area contributed by atoms with Gasteiger partial charge >= 0.3 is 0 Å². The summed E-state index contributed by atoms with van der Waals surface area (Å²) in [5.41, 5.74) is 0. The predicted octanol–water partition coefficient (Wildman–Crippen LogP) is 3.31. The van der Waals surface area contributed by atoms with E-state index < -0.39 is 0 Å². The van der Waals surface area contributed by atoms with Crippen LogP contribution in [0.4, 0.5) is 0 Å². The highest BCUT2D eigenvalue weighted by Gasteiger charge is 2.40. The fourth-order valence-corrected chi connectivity index (χ4v) is 4.78. The number of halogens is 1. The van der Waals surface area contributed by atoms with Gasteiger partial charge < -0.3 is 10.2 Å². The third kappa shape index (κ3) is 3.65. The Bertz CT molecular complexity index is 265. The Hall–Kier alpha value is 0.210.